The third kappa shape index (κ3) is 4.26. The number of hydrogen-bond acceptors (Lipinski definition) is 3. The monoisotopic (exact) mass is 240 g/mol. The number of allylic oxidation sites excluding steroid dienone is 4. The van der Waals surface area contributed by atoms with E-state index in [9.17, 15) is 15.3 Å². The molecule has 0 aromatic heterocycles. The van der Waals surface area contributed by atoms with Crippen LogP contribution in [0.15, 0.2) is 24.3 Å². The molecule has 17 heavy (non-hydrogen) atoms. The maximum Gasteiger partial charge on any atom is 0.0854 e. The van der Waals surface area contributed by atoms with Crippen molar-refractivity contribution in [2.45, 2.75) is 44.8 Å². The fraction of sp³-hybridized carbons (Fsp3) is 0.714. The molecule has 3 nitrogen and oxygen atoms in total. The van der Waals surface area contributed by atoms with Gasteiger partial charge < -0.3 is 15.3 Å². The third-order valence-corrected chi connectivity index (χ3v) is 3.45. The molecule has 0 saturated heterocycles. The highest BCUT2D eigenvalue weighted by Crippen LogP contribution is 2.31. The number of hydrogen-bond donors (Lipinski definition) is 3. The van der Waals surface area contributed by atoms with Gasteiger partial charge in [0.2, 0.25) is 0 Å². The van der Waals surface area contributed by atoms with E-state index in [2.05, 4.69) is 13.0 Å². The maximum absolute atomic E-state index is 9.79. The van der Waals surface area contributed by atoms with Crippen molar-refractivity contribution in [2.24, 2.45) is 11.8 Å². The van der Waals surface area contributed by atoms with Crippen molar-refractivity contribution in [1.29, 1.82) is 0 Å². The Morgan fingerprint density at radius 1 is 1.18 bits per heavy atom. The lowest BCUT2D eigenvalue weighted by atomic mass is 9.76. The second-order valence-electron chi connectivity index (χ2n) is 4.75. The van der Waals surface area contributed by atoms with E-state index in [-0.39, 0.29) is 18.4 Å². The minimum absolute atomic E-state index is 0.0775. The number of rotatable bonds is 5. The molecule has 3 heteroatoms. The molecule has 1 aliphatic rings. The second kappa shape index (κ2) is 7.64. The third-order valence-electron chi connectivity index (χ3n) is 3.45. The van der Waals surface area contributed by atoms with Crippen LogP contribution in [0.2, 0.25) is 0 Å². The summed E-state index contributed by atoms with van der Waals surface area (Å²) in [4.78, 5) is 0. The highest BCUT2D eigenvalue weighted by Gasteiger charge is 2.35. The van der Waals surface area contributed by atoms with Gasteiger partial charge in [-0.05, 0) is 25.2 Å². The van der Waals surface area contributed by atoms with E-state index >= 15 is 0 Å². The van der Waals surface area contributed by atoms with Crippen LogP contribution in [0.4, 0.5) is 0 Å². The van der Waals surface area contributed by atoms with Crippen molar-refractivity contribution in [2.75, 3.05) is 6.61 Å². The molecule has 4 atom stereocenters. The van der Waals surface area contributed by atoms with Crippen LogP contribution in [0, 0.1) is 11.8 Å². The minimum Gasteiger partial charge on any atom is -0.396 e. The van der Waals surface area contributed by atoms with Crippen LogP contribution in [-0.2, 0) is 0 Å². The highest BCUT2D eigenvalue weighted by molar-refractivity contribution is 5.07. The molecule has 0 aliphatic heterocycles. The van der Waals surface area contributed by atoms with Crippen LogP contribution in [0.1, 0.15) is 32.6 Å². The summed E-state index contributed by atoms with van der Waals surface area (Å²) in [5.41, 5.74) is 0. The summed E-state index contributed by atoms with van der Waals surface area (Å²) < 4.78 is 0. The Labute approximate surface area is 103 Å². The molecule has 0 radical (unpaired) electrons. The molecule has 0 spiro atoms. The summed E-state index contributed by atoms with van der Waals surface area (Å²) in [6, 6.07) is 0. The molecule has 1 saturated carbocycles. The van der Waals surface area contributed by atoms with Gasteiger partial charge in [0, 0.05) is 12.5 Å². The lowest BCUT2D eigenvalue weighted by Crippen LogP contribution is -2.43. The van der Waals surface area contributed by atoms with Gasteiger partial charge in [-0.3, -0.25) is 0 Å². The first kappa shape index (κ1) is 14.4. The van der Waals surface area contributed by atoms with Gasteiger partial charge in [0.25, 0.3) is 0 Å². The fourth-order valence-corrected chi connectivity index (χ4v) is 2.32. The van der Waals surface area contributed by atoms with E-state index in [0.29, 0.717) is 6.42 Å². The lowest BCUT2D eigenvalue weighted by molar-refractivity contribution is -0.0733. The van der Waals surface area contributed by atoms with E-state index in [1.807, 2.05) is 18.2 Å². The zero-order valence-electron chi connectivity index (χ0n) is 10.5. The predicted molar refractivity (Wildman–Crippen MR) is 68.5 cm³/mol. The summed E-state index contributed by atoms with van der Waals surface area (Å²) in [6.45, 7) is 2.06. The molecule has 98 valence electrons. The van der Waals surface area contributed by atoms with Crippen LogP contribution >= 0.6 is 0 Å². The van der Waals surface area contributed by atoms with Gasteiger partial charge >= 0.3 is 0 Å². The SMILES string of the molecule is CCC/C=C/C=C/[C@@H]1CC[C@H](O)[C@@H](O)[C@@H]1CO. The van der Waals surface area contributed by atoms with Crippen LogP contribution in [0.25, 0.3) is 0 Å². The highest BCUT2D eigenvalue weighted by atomic mass is 16.3. The maximum atomic E-state index is 9.79. The van der Waals surface area contributed by atoms with Gasteiger partial charge in [0.1, 0.15) is 0 Å². The second-order valence-corrected chi connectivity index (χ2v) is 4.75. The van der Waals surface area contributed by atoms with Gasteiger partial charge in [0.05, 0.1) is 12.2 Å². The van der Waals surface area contributed by atoms with Crippen LogP contribution in [0.3, 0.4) is 0 Å². The number of aliphatic hydroxyl groups excluding tert-OH is 3. The van der Waals surface area contributed by atoms with Gasteiger partial charge in [-0.15, -0.1) is 0 Å². The Kier molecular flexibility index (Phi) is 6.48. The summed E-state index contributed by atoms with van der Waals surface area (Å²) in [6.07, 6.45) is 10.3. The summed E-state index contributed by atoms with van der Waals surface area (Å²) >= 11 is 0. The van der Waals surface area contributed by atoms with Crippen molar-refractivity contribution in [3.8, 4) is 0 Å². The Morgan fingerprint density at radius 3 is 2.59 bits per heavy atom. The largest absolute Gasteiger partial charge is 0.396 e. The first-order valence-electron chi connectivity index (χ1n) is 6.51. The van der Waals surface area contributed by atoms with Crippen LogP contribution in [0.5, 0.6) is 0 Å². The van der Waals surface area contributed by atoms with Crippen molar-refractivity contribution in [1.82, 2.24) is 0 Å². The standard InChI is InChI=1S/C14H24O3/c1-2-3-4-5-6-7-11-8-9-13(16)14(17)12(11)10-15/h4-7,11-17H,2-3,8-10H2,1H3/b5-4+,7-6+/t11-,12-,13+,14+/m1/s1. The minimum atomic E-state index is -0.803. The Morgan fingerprint density at radius 2 is 1.94 bits per heavy atom. The molecule has 0 aromatic carbocycles. The molecule has 0 unspecified atom stereocenters. The molecular weight excluding hydrogens is 216 g/mol. The van der Waals surface area contributed by atoms with E-state index in [4.69, 9.17) is 0 Å². The normalized spacial score (nSPS) is 34.8. The van der Waals surface area contributed by atoms with Crippen molar-refractivity contribution in [3.05, 3.63) is 24.3 Å². The summed E-state index contributed by atoms with van der Waals surface area (Å²) in [5.74, 6) is -0.0840. The Hall–Kier alpha value is -0.640. The fourth-order valence-electron chi connectivity index (χ4n) is 2.32. The first-order valence-corrected chi connectivity index (χ1v) is 6.51. The molecule has 0 amide bonds. The van der Waals surface area contributed by atoms with Crippen molar-refractivity contribution >= 4 is 0 Å². The first-order chi connectivity index (χ1) is 8.20. The molecule has 0 bridgehead atoms. The molecule has 3 N–H and O–H groups in total. The average Bonchev–Trinajstić information content (AvgIpc) is 2.33. The van der Waals surface area contributed by atoms with E-state index < -0.39 is 12.2 Å². The average molecular weight is 240 g/mol. The molecule has 1 fully saturated rings. The molecule has 0 heterocycles. The van der Waals surface area contributed by atoms with Crippen molar-refractivity contribution in [3.63, 3.8) is 0 Å². The molecule has 1 aliphatic carbocycles. The number of unbranched alkanes of at least 4 members (excludes halogenated alkanes) is 1. The van der Waals surface area contributed by atoms with Gasteiger partial charge in [-0.1, -0.05) is 37.6 Å². The smallest absolute Gasteiger partial charge is 0.0854 e. The Balaban J connectivity index is 2.51. The zero-order chi connectivity index (χ0) is 12.7. The van der Waals surface area contributed by atoms with E-state index in [1.165, 1.54) is 0 Å². The summed E-state index contributed by atoms with van der Waals surface area (Å²) in [5, 5.41) is 28.6. The van der Waals surface area contributed by atoms with E-state index in [0.717, 1.165) is 19.3 Å². The van der Waals surface area contributed by atoms with Crippen LogP contribution in [-0.4, -0.2) is 34.1 Å². The predicted octanol–water partition coefficient (Wildman–Crippen LogP) is 1.64. The zero-order valence-corrected chi connectivity index (χ0v) is 10.5. The van der Waals surface area contributed by atoms with Crippen LogP contribution < -0.4 is 0 Å². The van der Waals surface area contributed by atoms with Gasteiger partial charge in [-0.25, -0.2) is 0 Å². The molecule has 0 aromatic rings. The quantitative estimate of drug-likeness (QED) is 0.640. The van der Waals surface area contributed by atoms with E-state index in [1.54, 1.807) is 0 Å². The van der Waals surface area contributed by atoms with Gasteiger partial charge in [0.15, 0.2) is 0 Å². The molecular formula is C14H24O3. The van der Waals surface area contributed by atoms with Crippen molar-refractivity contribution < 1.29 is 15.3 Å². The summed E-state index contributed by atoms with van der Waals surface area (Å²) in [7, 11) is 0. The Bertz CT molecular complexity index is 260. The molecule has 1 rings (SSSR count). The number of aliphatic hydroxyl groups is 3. The van der Waals surface area contributed by atoms with Gasteiger partial charge in [-0.2, -0.15) is 0 Å². The lowest BCUT2D eigenvalue weighted by Gasteiger charge is -2.36. The topological polar surface area (TPSA) is 60.7 Å².